The minimum absolute atomic E-state index is 0.0560. The van der Waals surface area contributed by atoms with Gasteiger partial charge in [0.15, 0.2) is 0 Å². The Labute approximate surface area is 142 Å². The lowest BCUT2D eigenvalue weighted by atomic mass is 10.1. The number of rotatable bonds is 8. The van der Waals surface area contributed by atoms with Gasteiger partial charge < -0.3 is 14.6 Å². The van der Waals surface area contributed by atoms with Gasteiger partial charge in [-0.15, -0.1) is 0 Å². The van der Waals surface area contributed by atoms with Gasteiger partial charge >= 0.3 is 0 Å². The number of hydrogen-bond donors (Lipinski definition) is 1. The zero-order valence-electron chi connectivity index (χ0n) is 13.6. The highest BCUT2D eigenvalue weighted by Crippen LogP contribution is 2.19. The van der Waals surface area contributed by atoms with E-state index in [1.54, 1.807) is 0 Å². The predicted octanol–water partition coefficient (Wildman–Crippen LogP) is 3.93. The first-order valence-corrected chi connectivity index (χ1v) is 8.17. The Hall–Kier alpha value is -2.20. The molecule has 0 saturated heterocycles. The normalized spacial score (nSPS) is 12.4. The molecule has 0 spiro atoms. The summed E-state index contributed by atoms with van der Waals surface area (Å²) in [6.45, 7) is 1.30. The average molecular weight is 322 g/mol. The predicted molar refractivity (Wildman–Crippen MR) is 95.7 cm³/mol. The molecule has 24 heavy (non-hydrogen) atoms. The van der Waals surface area contributed by atoms with E-state index >= 15 is 0 Å². The van der Waals surface area contributed by atoms with Crippen molar-refractivity contribution in [1.29, 1.82) is 0 Å². The van der Waals surface area contributed by atoms with Crippen LogP contribution in [0.1, 0.15) is 11.1 Å². The molecule has 0 radical (unpaired) electrons. The summed E-state index contributed by atoms with van der Waals surface area (Å²) >= 11 is 0. The highest BCUT2D eigenvalue weighted by Gasteiger charge is 2.10. The Morgan fingerprint density at radius 3 is 2.38 bits per heavy atom. The minimum atomic E-state index is -0.326. The van der Waals surface area contributed by atoms with Crippen LogP contribution in [0.15, 0.2) is 72.8 Å². The van der Waals surface area contributed by atoms with E-state index in [0.717, 1.165) is 11.1 Å². The summed E-state index contributed by atoms with van der Waals surface area (Å²) < 4.78 is 11.5. The zero-order valence-corrected chi connectivity index (χ0v) is 13.6. The Balaban J connectivity index is 1.53. The second-order valence-electron chi connectivity index (χ2n) is 5.75. The van der Waals surface area contributed by atoms with Crippen LogP contribution in [0.5, 0.6) is 0 Å². The molecule has 3 nitrogen and oxygen atoms in total. The molecule has 0 aliphatic carbocycles. The fourth-order valence-corrected chi connectivity index (χ4v) is 2.66. The number of benzene rings is 3. The molecule has 0 heterocycles. The molecule has 1 N–H and O–H groups in total. The second kappa shape index (κ2) is 8.60. The molecule has 3 rings (SSSR count). The average Bonchev–Trinajstić information content (AvgIpc) is 2.65. The van der Waals surface area contributed by atoms with E-state index < -0.39 is 0 Å². The first-order chi connectivity index (χ1) is 11.9. The third kappa shape index (κ3) is 4.42. The van der Waals surface area contributed by atoms with E-state index in [0.29, 0.717) is 19.8 Å². The van der Waals surface area contributed by atoms with Crippen molar-refractivity contribution in [2.45, 2.75) is 19.3 Å². The summed E-state index contributed by atoms with van der Waals surface area (Å²) in [6, 6.07) is 24.4. The number of aliphatic hydroxyl groups is 1. The van der Waals surface area contributed by atoms with Crippen molar-refractivity contribution >= 4 is 10.8 Å². The van der Waals surface area contributed by atoms with Gasteiger partial charge in [-0.05, 0) is 21.9 Å². The van der Waals surface area contributed by atoms with Gasteiger partial charge in [0.1, 0.15) is 6.10 Å². The van der Waals surface area contributed by atoms with Gasteiger partial charge in [-0.25, -0.2) is 0 Å². The Kier molecular flexibility index (Phi) is 5.96. The van der Waals surface area contributed by atoms with Gasteiger partial charge in [0.25, 0.3) is 0 Å². The smallest absolute Gasteiger partial charge is 0.104 e. The Morgan fingerprint density at radius 2 is 1.54 bits per heavy atom. The molecule has 0 aromatic heterocycles. The zero-order chi connectivity index (χ0) is 16.6. The molecule has 124 valence electrons. The van der Waals surface area contributed by atoms with Gasteiger partial charge in [0, 0.05) is 0 Å². The number of hydrogen-bond acceptors (Lipinski definition) is 3. The van der Waals surface area contributed by atoms with Crippen molar-refractivity contribution in [3.05, 3.63) is 83.9 Å². The number of ether oxygens (including phenoxy) is 2. The monoisotopic (exact) mass is 322 g/mol. The molecule has 0 fully saturated rings. The first kappa shape index (κ1) is 16.7. The Bertz CT molecular complexity index is 750. The molecule has 3 aromatic rings. The highest BCUT2D eigenvalue weighted by molar-refractivity contribution is 5.85. The van der Waals surface area contributed by atoms with Gasteiger partial charge in [0.05, 0.1) is 26.4 Å². The van der Waals surface area contributed by atoms with Crippen molar-refractivity contribution in [1.82, 2.24) is 0 Å². The maximum atomic E-state index is 9.51. The van der Waals surface area contributed by atoms with Crippen molar-refractivity contribution in [2.24, 2.45) is 0 Å². The van der Waals surface area contributed by atoms with Gasteiger partial charge in [-0.2, -0.15) is 0 Å². The van der Waals surface area contributed by atoms with Gasteiger partial charge in [-0.3, -0.25) is 0 Å². The van der Waals surface area contributed by atoms with Crippen LogP contribution < -0.4 is 0 Å². The molecule has 1 unspecified atom stereocenters. The second-order valence-corrected chi connectivity index (χ2v) is 5.75. The molecular formula is C21H22O3. The van der Waals surface area contributed by atoms with Crippen LogP contribution in [0, 0.1) is 0 Å². The summed E-state index contributed by atoms with van der Waals surface area (Å²) in [7, 11) is 0. The highest BCUT2D eigenvalue weighted by atomic mass is 16.5. The fraction of sp³-hybridized carbons (Fsp3) is 0.238. The van der Waals surface area contributed by atoms with Crippen molar-refractivity contribution in [2.75, 3.05) is 13.2 Å². The topological polar surface area (TPSA) is 38.7 Å². The molecule has 0 amide bonds. The molecule has 0 bridgehead atoms. The lowest BCUT2D eigenvalue weighted by Crippen LogP contribution is -2.24. The molecular weight excluding hydrogens is 300 g/mol. The van der Waals surface area contributed by atoms with Crippen LogP contribution in [0.3, 0.4) is 0 Å². The minimum Gasteiger partial charge on any atom is -0.394 e. The summed E-state index contributed by atoms with van der Waals surface area (Å²) in [5, 5.41) is 11.9. The lowest BCUT2D eigenvalue weighted by molar-refractivity contribution is -0.0533. The number of aliphatic hydroxyl groups excluding tert-OH is 1. The molecule has 0 saturated carbocycles. The van der Waals surface area contributed by atoms with E-state index in [1.165, 1.54) is 10.8 Å². The Morgan fingerprint density at radius 1 is 0.792 bits per heavy atom. The molecule has 3 aromatic carbocycles. The largest absolute Gasteiger partial charge is 0.394 e. The third-order valence-corrected chi connectivity index (χ3v) is 3.97. The van der Waals surface area contributed by atoms with Crippen LogP contribution in [0.2, 0.25) is 0 Å². The summed E-state index contributed by atoms with van der Waals surface area (Å²) in [6.07, 6.45) is -0.326. The molecule has 0 aliphatic heterocycles. The van der Waals surface area contributed by atoms with Crippen molar-refractivity contribution < 1.29 is 14.6 Å². The van der Waals surface area contributed by atoms with Crippen LogP contribution in [0.4, 0.5) is 0 Å². The van der Waals surface area contributed by atoms with Crippen LogP contribution in [-0.4, -0.2) is 24.4 Å². The van der Waals surface area contributed by atoms with Crippen LogP contribution in [-0.2, 0) is 22.7 Å². The standard InChI is InChI=1S/C21H22O3/c22-13-20(16-23-14-17-7-2-1-3-8-17)24-15-19-11-6-10-18-9-4-5-12-21(18)19/h1-12,20,22H,13-16H2. The van der Waals surface area contributed by atoms with E-state index in [1.807, 2.05) is 48.5 Å². The maximum Gasteiger partial charge on any atom is 0.104 e. The molecule has 0 aliphatic rings. The first-order valence-electron chi connectivity index (χ1n) is 8.17. The van der Waals surface area contributed by atoms with Crippen molar-refractivity contribution in [3.63, 3.8) is 0 Å². The van der Waals surface area contributed by atoms with E-state index in [2.05, 4.69) is 24.3 Å². The third-order valence-electron chi connectivity index (χ3n) is 3.97. The van der Waals surface area contributed by atoms with Crippen molar-refractivity contribution in [3.8, 4) is 0 Å². The lowest BCUT2D eigenvalue weighted by Gasteiger charge is -2.16. The van der Waals surface area contributed by atoms with Gasteiger partial charge in [-0.1, -0.05) is 72.8 Å². The van der Waals surface area contributed by atoms with Crippen LogP contribution in [0.25, 0.3) is 10.8 Å². The van der Waals surface area contributed by atoms with E-state index in [-0.39, 0.29) is 12.7 Å². The molecule has 1 atom stereocenters. The van der Waals surface area contributed by atoms with E-state index in [4.69, 9.17) is 9.47 Å². The van der Waals surface area contributed by atoms with Gasteiger partial charge in [0.2, 0.25) is 0 Å². The molecule has 3 heteroatoms. The summed E-state index contributed by atoms with van der Waals surface area (Å²) in [5.74, 6) is 0. The fourth-order valence-electron chi connectivity index (χ4n) is 2.66. The summed E-state index contributed by atoms with van der Waals surface area (Å²) in [5.41, 5.74) is 2.23. The quantitative estimate of drug-likeness (QED) is 0.683. The van der Waals surface area contributed by atoms with E-state index in [9.17, 15) is 5.11 Å². The number of fused-ring (bicyclic) bond motifs is 1. The maximum absolute atomic E-state index is 9.51. The SMILES string of the molecule is OCC(COCc1ccccc1)OCc1cccc2ccccc12. The summed E-state index contributed by atoms with van der Waals surface area (Å²) in [4.78, 5) is 0. The van der Waals surface area contributed by atoms with Crippen LogP contribution >= 0.6 is 0 Å².